The summed E-state index contributed by atoms with van der Waals surface area (Å²) >= 11 is 3.49. The Kier molecular flexibility index (Phi) is 6.12. The maximum Gasteiger partial charge on any atom is 0.0812 e. The SMILES string of the molecule is Cc1ccc(NC(CC(O)c2ccc(C)cc2)c2ccc(Br)cc2)cc1. The molecule has 3 aromatic rings. The van der Waals surface area contributed by atoms with Crippen LogP contribution in [-0.2, 0) is 0 Å². The number of halogens is 1. The molecule has 0 aliphatic carbocycles. The van der Waals surface area contributed by atoms with Crippen LogP contribution >= 0.6 is 15.9 Å². The Hall–Kier alpha value is -2.10. The molecule has 134 valence electrons. The second-order valence-corrected chi connectivity index (χ2v) is 7.69. The molecule has 3 aromatic carbocycles. The minimum Gasteiger partial charge on any atom is -0.388 e. The lowest BCUT2D eigenvalue weighted by Gasteiger charge is -2.24. The van der Waals surface area contributed by atoms with Crippen molar-refractivity contribution in [1.82, 2.24) is 0 Å². The van der Waals surface area contributed by atoms with Crippen molar-refractivity contribution in [3.8, 4) is 0 Å². The van der Waals surface area contributed by atoms with Crippen LogP contribution in [0.1, 0.15) is 40.8 Å². The molecule has 0 fully saturated rings. The van der Waals surface area contributed by atoms with Crippen molar-refractivity contribution < 1.29 is 5.11 Å². The number of hydrogen-bond donors (Lipinski definition) is 2. The molecule has 0 saturated heterocycles. The molecule has 0 aromatic heterocycles. The number of anilines is 1. The molecule has 0 spiro atoms. The van der Waals surface area contributed by atoms with Crippen LogP contribution in [0.25, 0.3) is 0 Å². The fraction of sp³-hybridized carbons (Fsp3) is 0.217. The van der Waals surface area contributed by atoms with Gasteiger partial charge in [-0.1, -0.05) is 75.6 Å². The lowest BCUT2D eigenvalue weighted by Crippen LogP contribution is -2.15. The number of aliphatic hydroxyl groups excluding tert-OH is 1. The monoisotopic (exact) mass is 409 g/mol. The van der Waals surface area contributed by atoms with Crippen molar-refractivity contribution in [3.05, 3.63) is 99.5 Å². The van der Waals surface area contributed by atoms with E-state index in [1.807, 2.05) is 36.4 Å². The summed E-state index contributed by atoms with van der Waals surface area (Å²) in [5, 5.41) is 14.3. The minimum absolute atomic E-state index is 0.0158. The van der Waals surface area contributed by atoms with E-state index < -0.39 is 6.10 Å². The lowest BCUT2D eigenvalue weighted by atomic mass is 9.96. The highest BCUT2D eigenvalue weighted by molar-refractivity contribution is 9.10. The van der Waals surface area contributed by atoms with Crippen molar-refractivity contribution in [1.29, 1.82) is 0 Å². The molecular weight excluding hydrogens is 386 g/mol. The van der Waals surface area contributed by atoms with Gasteiger partial charge in [0.1, 0.15) is 0 Å². The van der Waals surface area contributed by atoms with Gasteiger partial charge in [-0.2, -0.15) is 0 Å². The molecule has 2 atom stereocenters. The summed E-state index contributed by atoms with van der Waals surface area (Å²) in [5.41, 5.74) is 5.58. The van der Waals surface area contributed by atoms with Gasteiger partial charge in [0.05, 0.1) is 12.1 Å². The van der Waals surface area contributed by atoms with Crippen LogP contribution in [0.4, 0.5) is 5.69 Å². The molecule has 3 rings (SSSR count). The lowest BCUT2D eigenvalue weighted by molar-refractivity contribution is 0.160. The van der Waals surface area contributed by atoms with Gasteiger partial charge in [-0.25, -0.2) is 0 Å². The zero-order valence-corrected chi connectivity index (χ0v) is 16.7. The molecule has 0 aliphatic rings. The molecule has 0 heterocycles. The van der Waals surface area contributed by atoms with Gasteiger partial charge in [0.15, 0.2) is 0 Å². The van der Waals surface area contributed by atoms with E-state index in [9.17, 15) is 5.11 Å². The third-order valence-corrected chi connectivity index (χ3v) is 5.11. The molecule has 0 bridgehead atoms. The van der Waals surface area contributed by atoms with Crippen LogP contribution < -0.4 is 5.32 Å². The Balaban J connectivity index is 1.83. The predicted octanol–water partition coefficient (Wildman–Crippen LogP) is 6.34. The number of rotatable bonds is 6. The first-order chi connectivity index (χ1) is 12.5. The van der Waals surface area contributed by atoms with Crippen LogP contribution in [0.2, 0.25) is 0 Å². The molecule has 0 aliphatic heterocycles. The third kappa shape index (κ3) is 4.96. The average Bonchev–Trinajstić information content (AvgIpc) is 2.64. The maximum absolute atomic E-state index is 10.8. The van der Waals surface area contributed by atoms with Gasteiger partial charge in [0, 0.05) is 16.6 Å². The van der Waals surface area contributed by atoms with Gasteiger partial charge < -0.3 is 10.4 Å². The smallest absolute Gasteiger partial charge is 0.0812 e. The summed E-state index contributed by atoms with van der Waals surface area (Å²) in [6.45, 7) is 4.14. The van der Waals surface area contributed by atoms with E-state index in [4.69, 9.17) is 0 Å². The second kappa shape index (κ2) is 8.52. The normalized spacial score (nSPS) is 13.2. The van der Waals surface area contributed by atoms with Crippen molar-refractivity contribution in [2.24, 2.45) is 0 Å². The summed E-state index contributed by atoms with van der Waals surface area (Å²) in [7, 11) is 0. The summed E-state index contributed by atoms with van der Waals surface area (Å²) in [4.78, 5) is 0. The number of nitrogens with one attached hydrogen (secondary N) is 1. The number of aliphatic hydroxyl groups is 1. The van der Waals surface area contributed by atoms with Gasteiger partial charge in [0.25, 0.3) is 0 Å². The topological polar surface area (TPSA) is 32.3 Å². The number of hydrogen-bond acceptors (Lipinski definition) is 2. The van der Waals surface area contributed by atoms with E-state index >= 15 is 0 Å². The Morgan fingerprint density at radius 1 is 0.769 bits per heavy atom. The van der Waals surface area contributed by atoms with Gasteiger partial charge in [-0.3, -0.25) is 0 Å². The van der Waals surface area contributed by atoms with Crippen molar-refractivity contribution in [2.45, 2.75) is 32.4 Å². The van der Waals surface area contributed by atoms with E-state index in [1.54, 1.807) is 0 Å². The molecule has 26 heavy (non-hydrogen) atoms. The van der Waals surface area contributed by atoms with E-state index in [0.717, 1.165) is 21.3 Å². The quantitative estimate of drug-likeness (QED) is 0.497. The second-order valence-electron chi connectivity index (χ2n) is 6.78. The molecule has 2 N–H and O–H groups in total. The first-order valence-corrected chi connectivity index (χ1v) is 9.64. The fourth-order valence-electron chi connectivity index (χ4n) is 2.97. The molecule has 2 nitrogen and oxygen atoms in total. The standard InChI is InChI=1S/C23H24BrNO/c1-16-3-7-19(8-4-16)23(26)15-22(18-9-11-20(24)12-10-18)25-21-13-5-17(2)6-14-21/h3-14,22-23,25-26H,15H2,1-2H3. The predicted molar refractivity (Wildman–Crippen MR) is 112 cm³/mol. The molecule has 0 radical (unpaired) electrons. The summed E-state index contributed by atoms with van der Waals surface area (Å²) in [6, 6.07) is 24.7. The molecule has 0 amide bonds. The summed E-state index contributed by atoms with van der Waals surface area (Å²) in [6.07, 6.45) is 0.0701. The van der Waals surface area contributed by atoms with Gasteiger partial charge in [-0.15, -0.1) is 0 Å². The first-order valence-electron chi connectivity index (χ1n) is 8.84. The van der Waals surface area contributed by atoms with Crippen LogP contribution in [0.15, 0.2) is 77.3 Å². The highest BCUT2D eigenvalue weighted by Crippen LogP contribution is 2.30. The first kappa shape index (κ1) is 18.7. The molecule has 3 heteroatoms. The zero-order valence-electron chi connectivity index (χ0n) is 15.1. The van der Waals surface area contributed by atoms with E-state index in [0.29, 0.717) is 6.42 Å². The Morgan fingerprint density at radius 3 is 1.85 bits per heavy atom. The highest BCUT2D eigenvalue weighted by atomic mass is 79.9. The van der Waals surface area contributed by atoms with Crippen LogP contribution in [0.3, 0.4) is 0 Å². The fourth-order valence-corrected chi connectivity index (χ4v) is 3.24. The Morgan fingerprint density at radius 2 is 1.27 bits per heavy atom. The van der Waals surface area contributed by atoms with Crippen LogP contribution in [0, 0.1) is 13.8 Å². The third-order valence-electron chi connectivity index (χ3n) is 4.59. The van der Waals surface area contributed by atoms with Crippen molar-refractivity contribution >= 4 is 21.6 Å². The zero-order chi connectivity index (χ0) is 18.5. The van der Waals surface area contributed by atoms with E-state index in [2.05, 4.69) is 71.5 Å². The summed E-state index contributed by atoms with van der Waals surface area (Å²) in [5.74, 6) is 0. The van der Waals surface area contributed by atoms with E-state index in [1.165, 1.54) is 11.1 Å². The van der Waals surface area contributed by atoms with Gasteiger partial charge in [-0.05, 0) is 49.2 Å². The molecule has 2 unspecified atom stereocenters. The van der Waals surface area contributed by atoms with E-state index in [-0.39, 0.29) is 6.04 Å². The van der Waals surface area contributed by atoms with Crippen molar-refractivity contribution in [2.75, 3.05) is 5.32 Å². The number of aryl methyl sites for hydroxylation is 2. The Bertz CT molecular complexity index is 826. The van der Waals surface area contributed by atoms with Crippen LogP contribution in [-0.4, -0.2) is 5.11 Å². The van der Waals surface area contributed by atoms with Gasteiger partial charge in [0.2, 0.25) is 0 Å². The van der Waals surface area contributed by atoms with Crippen LogP contribution in [0.5, 0.6) is 0 Å². The number of benzene rings is 3. The average molecular weight is 410 g/mol. The van der Waals surface area contributed by atoms with Gasteiger partial charge >= 0.3 is 0 Å². The molecular formula is C23H24BrNO. The minimum atomic E-state index is -0.526. The maximum atomic E-state index is 10.8. The van der Waals surface area contributed by atoms with Crippen molar-refractivity contribution in [3.63, 3.8) is 0 Å². The Labute approximate surface area is 164 Å². The molecule has 0 saturated carbocycles. The largest absolute Gasteiger partial charge is 0.388 e. The highest BCUT2D eigenvalue weighted by Gasteiger charge is 2.18. The summed E-state index contributed by atoms with van der Waals surface area (Å²) < 4.78 is 1.05.